The van der Waals surface area contributed by atoms with E-state index in [4.69, 9.17) is 5.73 Å². The predicted octanol–water partition coefficient (Wildman–Crippen LogP) is 2.34. The van der Waals surface area contributed by atoms with Crippen LogP contribution in [0.25, 0.3) is 0 Å². The minimum atomic E-state index is -0.793. The standard InChI is InChI=1S/C14H22N2O/c1-5-11-7-9-12(10-8-11)16(4)13(17)14(3,15)6-2/h7-10H,5-6,15H2,1-4H3. The van der Waals surface area contributed by atoms with E-state index in [9.17, 15) is 4.79 Å². The molecule has 1 aromatic rings. The number of nitrogens with zero attached hydrogens (tertiary/aromatic N) is 1. The zero-order valence-electron chi connectivity index (χ0n) is 11.2. The average Bonchev–Trinajstić information content (AvgIpc) is 2.37. The Morgan fingerprint density at radius 3 is 2.24 bits per heavy atom. The van der Waals surface area contributed by atoms with Gasteiger partial charge in [0, 0.05) is 12.7 Å². The van der Waals surface area contributed by atoms with Gasteiger partial charge in [0.25, 0.3) is 0 Å². The lowest BCUT2D eigenvalue weighted by Crippen LogP contribution is -2.51. The molecule has 94 valence electrons. The van der Waals surface area contributed by atoms with Crippen molar-refractivity contribution in [2.75, 3.05) is 11.9 Å². The van der Waals surface area contributed by atoms with E-state index in [1.54, 1.807) is 18.9 Å². The summed E-state index contributed by atoms with van der Waals surface area (Å²) in [5.74, 6) is -0.0516. The molecule has 3 nitrogen and oxygen atoms in total. The lowest BCUT2D eigenvalue weighted by atomic mass is 9.98. The van der Waals surface area contributed by atoms with Crippen molar-refractivity contribution in [1.82, 2.24) is 0 Å². The summed E-state index contributed by atoms with van der Waals surface area (Å²) in [4.78, 5) is 13.8. The van der Waals surface area contributed by atoms with Gasteiger partial charge in [-0.1, -0.05) is 26.0 Å². The highest BCUT2D eigenvalue weighted by atomic mass is 16.2. The molecule has 17 heavy (non-hydrogen) atoms. The molecule has 1 atom stereocenters. The maximum absolute atomic E-state index is 12.2. The Kier molecular flexibility index (Phi) is 4.29. The lowest BCUT2D eigenvalue weighted by molar-refractivity contribution is -0.122. The number of aryl methyl sites for hydroxylation is 1. The average molecular weight is 234 g/mol. The fraction of sp³-hybridized carbons (Fsp3) is 0.500. The van der Waals surface area contributed by atoms with Gasteiger partial charge in [0.2, 0.25) is 5.91 Å². The fourth-order valence-electron chi connectivity index (χ4n) is 1.61. The Labute approximate surface area is 104 Å². The van der Waals surface area contributed by atoms with Crippen molar-refractivity contribution in [2.45, 2.75) is 39.2 Å². The minimum Gasteiger partial charge on any atom is -0.318 e. The van der Waals surface area contributed by atoms with Crippen LogP contribution in [0.5, 0.6) is 0 Å². The summed E-state index contributed by atoms with van der Waals surface area (Å²) in [6.07, 6.45) is 1.63. The highest BCUT2D eigenvalue weighted by Crippen LogP contribution is 2.18. The molecule has 0 radical (unpaired) electrons. The summed E-state index contributed by atoms with van der Waals surface area (Å²) < 4.78 is 0. The number of carbonyl (C=O) groups excluding carboxylic acids is 1. The molecule has 0 saturated heterocycles. The third-order valence-corrected chi connectivity index (χ3v) is 3.26. The molecule has 3 heteroatoms. The third kappa shape index (κ3) is 3.07. The number of hydrogen-bond donors (Lipinski definition) is 1. The molecule has 1 amide bonds. The van der Waals surface area contributed by atoms with Crippen molar-refractivity contribution in [2.24, 2.45) is 5.73 Å². The quantitative estimate of drug-likeness (QED) is 0.869. The van der Waals surface area contributed by atoms with E-state index in [-0.39, 0.29) is 5.91 Å². The molecule has 0 heterocycles. The molecule has 1 aromatic carbocycles. The topological polar surface area (TPSA) is 46.3 Å². The molecule has 0 bridgehead atoms. The van der Waals surface area contributed by atoms with Crippen LogP contribution in [-0.4, -0.2) is 18.5 Å². The smallest absolute Gasteiger partial charge is 0.246 e. The van der Waals surface area contributed by atoms with Gasteiger partial charge in [0.15, 0.2) is 0 Å². The van der Waals surface area contributed by atoms with E-state index in [2.05, 4.69) is 6.92 Å². The second-order valence-electron chi connectivity index (χ2n) is 4.66. The monoisotopic (exact) mass is 234 g/mol. The van der Waals surface area contributed by atoms with Gasteiger partial charge in [0.05, 0.1) is 5.54 Å². The number of rotatable bonds is 4. The van der Waals surface area contributed by atoms with Gasteiger partial charge in [-0.2, -0.15) is 0 Å². The van der Waals surface area contributed by atoms with Gasteiger partial charge in [-0.15, -0.1) is 0 Å². The summed E-state index contributed by atoms with van der Waals surface area (Å²) in [7, 11) is 1.77. The van der Waals surface area contributed by atoms with Crippen molar-refractivity contribution >= 4 is 11.6 Å². The summed E-state index contributed by atoms with van der Waals surface area (Å²) in [5, 5.41) is 0. The van der Waals surface area contributed by atoms with Crippen LogP contribution in [0.1, 0.15) is 32.8 Å². The number of carbonyl (C=O) groups is 1. The summed E-state index contributed by atoms with van der Waals surface area (Å²) in [6.45, 7) is 5.80. The van der Waals surface area contributed by atoms with Crippen LogP contribution in [-0.2, 0) is 11.2 Å². The van der Waals surface area contributed by atoms with Crippen molar-refractivity contribution in [3.63, 3.8) is 0 Å². The largest absolute Gasteiger partial charge is 0.318 e. The van der Waals surface area contributed by atoms with Crippen LogP contribution in [0.3, 0.4) is 0 Å². The zero-order chi connectivity index (χ0) is 13.1. The highest BCUT2D eigenvalue weighted by Gasteiger charge is 2.29. The van der Waals surface area contributed by atoms with Crippen LogP contribution in [0, 0.1) is 0 Å². The van der Waals surface area contributed by atoms with E-state index >= 15 is 0 Å². The Balaban J connectivity index is 2.88. The number of likely N-dealkylation sites (N-methyl/N-ethyl adjacent to an activating group) is 1. The lowest BCUT2D eigenvalue weighted by Gasteiger charge is -2.28. The van der Waals surface area contributed by atoms with Gasteiger partial charge in [-0.05, 0) is 37.5 Å². The van der Waals surface area contributed by atoms with E-state index in [1.807, 2.05) is 31.2 Å². The van der Waals surface area contributed by atoms with Gasteiger partial charge in [-0.25, -0.2) is 0 Å². The number of hydrogen-bond acceptors (Lipinski definition) is 2. The van der Waals surface area contributed by atoms with E-state index in [0.29, 0.717) is 6.42 Å². The Morgan fingerprint density at radius 2 is 1.82 bits per heavy atom. The second kappa shape index (κ2) is 5.32. The molecular weight excluding hydrogens is 212 g/mol. The van der Waals surface area contributed by atoms with Crippen molar-refractivity contribution in [3.05, 3.63) is 29.8 Å². The van der Waals surface area contributed by atoms with Crippen LogP contribution in [0.15, 0.2) is 24.3 Å². The summed E-state index contributed by atoms with van der Waals surface area (Å²) in [5.41, 5.74) is 7.32. The molecule has 0 aromatic heterocycles. The molecule has 0 fully saturated rings. The number of nitrogens with two attached hydrogens (primary N) is 1. The predicted molar refractivity (Wildman–Crippen MR) is 72.1 cm³/mol. The van der Waals surface area contributed by atoms with Crippen LogP contribution in [0.2, 0.25) is 0 Å². The third-order valence-electron chi connectivity index (χ3n) is 3.26. The van der Waals surface area contributed by atoms with Gasteiger partial charge in [0.1, 0.15) is 0 Å². The minimum absolute atomic E-state index is 0.0516. The van der Waals surface area contributed by atoms with Gasteiger partial charge >= 0.3 is 0 Å². The zero-order valence-corrected chi connectivity index (χ0v) is 11.2. The first-order valence-corrected chi connectivity index (χ1v) is 6.08. The SMILES string of the molecule is CCc1ccc(N(C)C(=O)C(C)(N)CC)cc1. The molecule has 1 rings (SSSR count). The number of anilines is 1. The Hall–Kier alpha value is -1.35. The van der Waals surface area contributed by atoms with E-state index in [0.717, 1.165) is 12.1 Å². The maximum Gasteiger partial charge on any atom is 0.246 e. The second-order valence-corrected chi connectivity index (χ2v) is 4.66. The normalized spacial score (nSPS) is 14.2. The molecule has 1 unspecified atom stereocenters. The molecule has 0 saturated carbocycles. The number of amides is 1. The van der Waals surface area contributed by atoms with Crippen LogP contribution in [0.4, 0.5) is 5.69 Å². The van der Waals surface area contributed by atoms with E-state index < -0.39 is 5.54 Å². The molecular formula is C14H22N2O. The Morgan fingerprint density at radius 1 is 1.29 bits per heavy atom. The first-order chi connectivity index (χ1) is 7.92. The van der Waals surface area contributed by atoms with Gasteiger partial charge < -0.3 is 10.6 Å². The highest BCUT2D eigenvalue weighted by molar-refractivity contribution is 5.99. The molecule has 0 spiro atoms. The molecule has 0 aliphatic heterocycles. The van der Waals surface area contributed by atoms with Crippen LogP contribution < -0.4 is 10.6 Å². The van der Waals surface area contributed by atoms with Gasteiger partial charge in [-0.3, -0.25) is 4.79 Å². The molecule has 0 aliphatic rings. The van der Waals surface area contributed by atoms with Crippen molar-refractivity contribution < 1.29 is 4.79 Å². The van der Waals surface area contributed by atoms with E-state index in [1.165, 1.54) is 5.56 Å². The van der Waals surface area contributed by atoms with Crippen molar-refractivity contribution in [3.8, 4) is 0 Å². The first kappa shape index (κ1) is 13.7. The summed E-state index contributed by atoms with van der Waals surface area (Å²) in [6, 6.07) is 8.00. The van der Waals surface area contributed by atoms with Crippen LogP contribution >= 0.6 is 0 Å². The Bertz CT molecular complexity index is 382. The molecule has 2 N–H and O–H groups in total. The maximum atomic E-state index is 12.2. The number of benzene rings is 1. The fourth-order valence-corrected chi connectivity index (χ4v) is 1.61. The molecule has 0 aliphatic carbocycles. The first-order valence-electron chi connectivity index (χ1n) is 6.08. The summed E-state index contributed by atoms with van der Waals surface area (Å²) >= 11 is 0. The van der Waals surface area contributed by atoms with Crippen molar-refractivity contribution in [1.29, 1.82) is 0 Å².